The number of halogens is 1. The maximum Gasteiger partial charge on any atom is 0.136 e. The van der Waals surface area contributed by atoms with E-state index in [9.17, 15) is 0 Å². The van der Waals surface area contributed by atoms with E-state index in [1.165, 1.54) is 23.6 Å². The van der Waals surface area contributed by atoms with E-state index >= 15 is 0 Å². The van der Waals surface area contributed by atoms with Crippen LogP contribution in [0.2, 0.25) is 0 Å². The minimum Gasteiger partial charge on any atom is -0.384 e. The number of pyridine rings is 1. The number of methoxy groups -OCH3 is 1. The minimum atomic E-state index is 0.504. The second-order valence-electron chi connectivity index (χ2n) is 5.67. The van der Waals surface area contributed by atoms with Crippen LogP contribution >= 0.6 is 11.6 Å². The largest absolute Gasteiger partial charge is 0.384 e. The SMILES string of the molecule is COCC1CCN(c2ncc(CCl)c3ccccc23)CC1. The van der Waals surface area contributed by atoms with Gasteiger partial charge in [0.2, 0.25) is 0 Å². The average Bonchev–Trinajstić information content (AvgIpc) is 2.55. The van der Waals surface area contributed by atoms with E-state index in [0.717, 1.165) is 31.1 Å². The monoisotopic (exact) mass is 304 g/mol. The molecule has 1 saturated heterocycles. The fourth-order valence-electron chi connectivity index (χ4n) is 3.14. The molecule has 0 saturated carbocycles. The Morgan fingerprint density at radius 2 is 1.95 bits per heavy atom. The number of hydrogen-bond donors (Lipinski definition) is 0. The zero-order chi connectivity index (χ0) is 14.7. The lowest BCUT2D eigenvalue weighted by Crippen LogP contribution is -2.35. The lowest BCUT2D eigenvalue weighted by molar-refractivity contribution is 0.139. The van der Waals surface area contributed by atoms with Crippen LogP contribution in [0.4, 0.5) is 5.82 Å². The minimum absolute atomic E-state index is 0.504. The number of nitrogens with zero attached hydrogens (tertiary/aromatic N) is 2. The molecule has 0 N–H and O–H groups in total. The molecule has 1 aromatic heterocycles. The van der Waals surface area contributed by atoms with E-state index in [-0.39, 0.29) is 0 Å². The summed E-state index contributed by atoms with van der Waals surface area (Å²) in [5.41, 5.74) is 1.10. The Hall–Kier alpha value is -1.32. The number of rotatable bonds is 4. The van der Waals surface area contributed by atoms with Gasteiger partial charge in [0, 0.05) is 44.3 Å². The van der Waals surface area contributed by atoms with Gasteiger partial charge in [-0.3, -0.25) is 0 Å². The van der Waals surface area contributed by atoms with Crippen LogP contribution in [0.25, 0.3) is 10.8 Å². The topological polar surface area (TPSA) is 25.4 Å². The molecule has 0 bridgehead atoms. The van der Waals surface area contributed by atoms with Gasteiger partial charge in [0.05, 0.1) is 0 Å². The fraction of sp³-hybridized carbons (Fsp3) is 0.471. The van der Waals surface area contributed by atoms with Crippen molar-refractivity contribution in [1.29, 1.82) is 0 Å². The number of hydrogen-bond acceptors (Lipinski definition) is 3. The second kappa shape index (κ2) is 6.63. The highest BCUT2D eigenvalue weighted by molar-refractivity contribution is 6.18. The summed E-state index contributed by atoms with van der Waals surface area (Å²) in [6.45, 7) is 2.96. The first-order valence-corrected chi connectivity index (χ1v) is 8.03. The second-order valence-corrected chi connectivity index (χ2v) is 5.94. The zero-order valence-electron chi connectivity index (χ0n) is 12.4. The Morgan fingerprint density at radius 3 is 2.62 bits per heavy atom. The molecule has 0 radical (unpaired) electrons. The molecule has 1 fully saturated rings. The van der Waals surface area contributed by atoms with Gasteiger partial charge in [0.25, 0.3) is 0 Å². The highest BCUT2D eigenvalue weighted by Crippen LogP contribution is 2.30. The molecule has 3 nitrogen and oxygen atoms in total. The van der Waals surface area contributed by atoms with Gasteiger partial charge >= 0.3 is 0 Å². The molecule has 0 spiro atoms. The first-order chi connectivity index (χ1) is 10.3. The van der Waals surface area contributed by atoms with Crippen LogP contribution in [0.3, 0.4) is 0 Å². The maximum atomic E-state index is 6.03. The normalized spacial score (nSPS) is 16.6. The van der Waals surface area contributed by atoms with Crippen molar-refractivity contribution in [3.05, 3.63) is 36.0 Å². The molecule has 0 unspecified atom stereocenters. The Balaban J connectivity index is 1.88. The highest BCUT2D eigenvalue weighted by Gasteiger charge is 2.21. The van der Waals surface area contributed by atoms with E-state index in [2.05, 4.69) is 34.1 Å². The number of piperidine rings is 1. The van der Waals surface area contributed by atoms with Gasteiger partial charge in [-0.1, -0.05) is 24.3 Å². The molecule has 112 valence electrons. The van der Waals surface area contributed by atoms with Crippen molar-refractivity contribution in [2.24, 2.45) is 5.92 Å². The third-order valence-electron chi connectivity index (χ3n) is 4.32. The van der Waals surface area contributed by atoms with Crippen molar-refractivity contribution in [2.45, 2.75) is 18.7 Å². The molecule has 0 amide bonds. The average molecular weight is 305 g/mol. The fourth-order valence-corrected chi connectivity index (χ4v) is 3.35. The molecular weight excluding hydrogens is 284 g/mol. The summed E-state index contributed by atoms with van der Waals surface area (Å²) in [5.74, 6) is 2.28. The van der Waals surface area contributed by atoms with Gasteiger partial charge in [0.1, 0.15) is 5.82 Å². The molecule has 0 aliphatic carbocycles. The van der Waals surface area contributed by atoms with Gasteiger partial charge in [-0.25, -0.2) is 4.98 Å². The van der Waals surface area contributed by atoms with Crippen molar-refractivity contribution in [3.8, 4) is 0 Å². The number of ether oxygens (including phenoxy) is 1. The summed E-state index contributed by atoms with van der Waals surface area (Å²) in [4.78, 5) is 7.08. The van der Waals surface area contributed by atoms with Crippen LogP contribution in [0, 0.1) is 5.92 Å². The molecule has 21 heavy (non-hydrogen) atoms. The van der Waals surface area contributed by atoms with Crippen LogP contribution in [0.5, 0.6) is 0 Å². The molecule has 3 rings (SSSR count). The maximum absolute atomic E-state index is 6.03. The Morgan fingerprint density at radius 1 is 1.24 bits per heavy atom. The zero-order valence-corrected chi connectivity index (χ0v) is 13.1. The van der Waals surface area contributed by atoms with Gasteiger partial charge < -0.3 is 9.64 Å². The number of anilines is 1. The smallest absolute Gasteiger partial charge is 0.136 e. The third-order valence-corrected chi connectivity index (χ3v) is 4.60. The lowest BCUT2D eigenvalue weighted by atomic mass is 9.97. The Labute approximate surface area is 130 Å². The molecule has 2 aromatic rings. The predicted molar refractivity (Wildman–Crippen MR) is 88.1 cm³/mol. The van der Waals surface area contributed by atoms with E-state index in [0.29, 0.717) is 11.8 Å². The summed E-state index contributed by atoms with van der Waals surface area (Å²) in [6, 6.07) is 8.42. The van der Waals surface area contributed by atoms with Crippen LogP contribution in [-0.4, -0.2) is 31.8 Å². The molecule has 4 heteroatoms. The molecule has 1 aliphatic heterocycles. The van der Waals surface area contributed by atoms with Gasteiger partial charge in [-0.2, -0.15) is 0 Å². The van der Waals surface area contributed by atoms with E-state index in [1.807, 2.05) is 6.20 Å². The standard InChI is InChI=1S/C17H21ClN2O/c1-21-12-13-6-8-20(9-7-13)17-16-5-3-2-4-15(16)14(10-18)11-19-17/h2-5,11,13H,6-10,12H2,1H3. The van der Waals surface area contributed by atoms with Crippen molar-refractivity contribution in [1.82, 2.24) is 4.98 Å². The first-order valence-electron chi connectivity index (χ1n) is 7.50. The van der Waals surface area contributed by atoms with E-state index < -0.39 is 0 Å². The van der Waals surface area contributed by atoms with Gasteiger partial charge in [0.15, 0.2) is 0 Å². The number of fused-ring (bicyclic) bond motifs is 1. The third kappa shape index (κ3) is 2.99. The van der Waals surface area contributed by atoms with Crippen LogP contribution in [-0.2, 0) is 10.6 Å². The summed E-state index contributed by atoms with van der Waals surface area (Å²) in [5, 5.41) is 2.43. The molecular formula is C17H21ClN2O. The highest BCUT2D eigenvalue weighted by atomic mass is 35.5. The summed E-state index contributed by atoms with van der Waals surface area (Å²) < 4.78 is 5.27. The van der Waals surface area contributed by atoms with Crippen LogP contribution in [0.15, 0.2) is 30.5 Å². The molecule has 1 aliphatic rings. The van der Waals surface area contributed by atoms with E-state index in [1.54, 1.807) is 7.11 Å². The number of alkyl halides is 1. The molecule has 1 aromatic carbocycles. The first kappa shape index (κ1) is 14.6. The molecule has 2 heterocycles. The van der Waals surface area contributed by atoms with Crippen molar-refractivity contribution < 1.29 is 4.74 Å². The number of aromatic nitrogens is 1. The Bertz CT molecular complexity index is 609. The summed E-state index contributed by atoms with van der Waals surface area (Å²) >= 11 is 6.03. The van der Waals surface area contributed by atoms with Crippen LogP contribution < -0.4 is 4.90 Å². The number of benzene rings is 1. The predicted octanol–water partition coefficient (Wildman–Crippen LogP) is 3.84. The van der Waals surface area contributed by atoms with Crippen LogP contribution in [0.1, 0.15) is 18.4 Å². The van der Waals surface area contributed by atoms with Gasteiger partial charge in [-0.05, 0) is 29.7 Å². The van der Waals surface area contributed by atoms with Gasteiger partial charge in [-0.15, -0.1) is 11.6 Å². The molecule has 0 atom stereocenters. The van der Waals surface area contributed by atoms with Crippen molar-refractivity contribution in [2.75, 3.05) is 31.7 Å². The summed E-state index contributed by atoms with van der Waals surface area (Å²) in [7, 11) is 1.78. The van der Waals surface area contributed by atoms with Crippen molar-refractivity contribution in [3.63, 3.8) is 0 Å². The lowest BCUT2D eigenvalue weighted by Gasteiger charge is -2.33. The summed E-state index contributed by atoms with van der Waals surface area (Å²) in [6.07, 6.45) is 4.26. The Kier molecular flexibility index (Phi) is 4.61. The van der Waals surface area contributed by atoms with Crippen molar-refractivity contribution >= 4 is 28.2 Å². The quantitative estimate of drug-likeness (QED) is 0.803. The van der Waals surface area contributed by atoms with E-state index in [4.69, 9.17) is 16.3 Å².